The third-order valence-corrected chi connectivity index (χ3v) is 5.05. The Labute approximate surface area is 143 Å². The highest BCUT2D eigenvalue weighted by atomic mass is 16.7. The fraction of sp³-hybridized carbons (Fsp3) is 0.632. The van der Waals surface area contributed by atoms with Gasteiger partial charge in [0.1, 0.15) is 6.61 Å². The molecule has 0 radical (unpaired) electrons. The summed E-state index contributed by atoms with van der Waals surface area (Å²) >= 11 is 0. The Morgan fingerprint density at radius 3 is 2.88 bits per heavy atom. The summed E-state index contributed by atoms with van der Waals surface area (Å²) in [6, 6.07) is 5.39. The number of carbonyl (C=O) groups is 1. The monoisotopic (exact) mass is 333 g/mol. The number of benzene rings is 1. The zero-order chi connectivity index (χ0) is 17.1. The maximum atomic E-state index is 12.2. The Morgan fingerprint density at radius 2 is 2.08 bits per heavy atom. The SMILES string of the molecule is CC(C)[C@@H]1CC[C@@H](C)C[C@@H]1OCC(=O)Nc1ccc2c(c1)OCO2. The molecular weight excluding hydrogens is 306 g/mol. The normalized spacial score (nSPS) is 25.8. The highest BCUT2D eigenvalue weighted by molar-refractivity contribution is 5.92. The number of hydrogen-bond acceptors (Lipinski definition) is 4. The van der Waals surface area contributed by atoms with E-state index < -0.39 is 0 Å². The highest BCUT2D eigenvalue weighted by Gasteiger charge is 2.31. The summed E-state index contributed by atoms with van der Waals surface area (Å²) in [6.45, 7) is 7.06. The summed E-state index contributed by atoms with van der Waals surface area (Å²) in [5, 5.41) is 2.87. The van der Waals surface area contributed by atoms with Crippen LogP contribution in [0.1, 0.15) is 40.0 Å². The van der Waals surface area contributed by atoms with Crippen molar-refractivity contribution in [2.75, 3.05) is 18.7 Å². The number of anilines is 1. The first-order valence-electron chi connectivity index (χ1n) is 8.84. The van der Waals surface area contributed by atoms with E-state index in [0.717, 1.165) is 6.42 Å². The van der Waals surface area contributed by atoms with Crippen molar-refractivity contribution in [2.45, 2.75) is 46.1 Å². The van der Waals surface area contributed by atoms with Gasteiger partial charge in [-0.15, -0.1) is 0 Å². The Kier molecular flexibility index (Phi) is 5.29. The highest BCUT2D eigenvalue weighted by Crippen LogP contribution is 2.36. The lowest BCUT2D eigenvalue weighted by atomic mass is 9.75. The van der Waals surface area contributed by atoms with Gasteiger partial charge >= 0.3 is 0 Å². The molecule has 2 aliphatic rings. The number of fused-ring (bicyclic) bond motifs is 1. The minimum atomic E-state index is -0.130. The van der Waals surface area contributed by atoms with Gasteiger partial charge < -0.3 is 19.5 Å². The summed E-state index contributed by atoms with van der Waals surface area (Å²) < 4.78 is 16.6. The standard InChI is InChI=1S/C19H27NO4/c1-12(2)15-6-4-13(3)8-17(15)22-10-19(21)20-14-5-7-16-18(9-14)24-11-23-16/h5,7,9,12-13,15,17H,4,6,8,10-11H2,1-3H3,(H,20,21)/t13-,15+,17+/m1/s1. The van der Waals surface area contributed by atoms with Gasteiger partial charge in [0.15, 0.2) is 11.5 Å². The third-order valence-electron chi connectivity index (χ3n) is 5.05. The topological polar surface area (TPSA) is 56.8 Å². The maximum Gasteiger partial charge on any atom is 0.250 e. The molecule has 1 heterocycles. The lowest BCUT2D eigenvalue weighted by Gasteiger charge is -2.37. The van der Waals surface area contributed by atoms with E-state index in [-0.39, 0.29) is 25.4 Å². The molecule has 1 aromatic carbocycles. The molecule has 24 heavy (non-hydrogen) atoms. The Balaban J connectivity index is 1.53. The minimum Gasteiger partial charge on any atom is -0.454 e. The predicted octanol–water partition coefficient (Wildman–Crippen LogP) is 3.83. The van der Waals surface area contributed by atoms with E-state index in [9.17, 15) is 4.79 Å². The van der Waals surface area contributed by atoms with Crippen LogP contribution < -0.4 is 14.8 Å². The van der Waals surface area contributed by atoms with Crippen LogP contribution in [0.3, 0.4) is 0 Å². The van der Waals surface area contributed by atoms with Crippen molar-refractivity contribution < 1.29 is 19.0 Å². The van der Waals surface area contributed by atoms with Crippen LogP contribution in [0.25, 0.3) is 0 Å². The van der Waals surface area contributed by atoms with Gasteiger partial charge in [0.25, 0.3) is 0 Å². The molecule has 0 bridgehead atoms. The van der Waals surface area contributed by atoms with E-state index in [4.69, 9.17) is 14.2 Å². The van der Waals surface area contributed by atoms with Crippen LogP contribution >= 0.6 is 0 Å². The van der Waals surface area contributed by atoms with Crippen LogP contribution in [-0.4, -0.2) is 25.4 Å². The van der Waals surface area contributed by atoms with E-state index in [0.29, 0.717) is 34.9 Å². The van der Waals surface area contributed by atoms with Crippen molar-refractivity contribution in [3.8, 4) is 11.5 Å². The minimum absolute atomic E-state index is 0.0923. The Morgan fingerprint density at radius 1 is 1.29 bits per heavy atom. The lowest BCUT2D eigenvalue weighted by Crippen LogP contribution is -2.36. The van der Waals surface area contributed by atoms with E-state index in [1.54, 1.807) is 12.1 Å². The Bertz CT molecular complexity index is 587. The number of ether oxygens (including phenoxy) is 3. The van der Waals surface area contributed by atoms with E-state index in [1.165, 1.54) is 12.8 Å². The van der Waals surface area contributed by atoms with Gasteiger partial charge in [-0.05, 0) is 42.7 Å². The van der Waals surface area contributed by atoms with Crippen LogP contribution in [0.4, 0.5) is 5.69 Å². The van der Waals surface area contributed by atoms with Gasteiger partial charge in [-0.2, -0.15) is 0 Å². The van der Waals surface area contributed by atoms with Gasteiger partial charge in [0.2, 0.25) is 12.7 Å². The molecule has 5 heteroatoms. The van der Waals surface area contributed by atoms with E-state index in [2.05, 4.69) is 26.1 Å². The average molecular weight is 333 g/mol. The number of amides is 1. The van der Waals surface area contributed by atoms with Crippen LogP contribution in [0, 0.1) is 17.8 Å². The molecule has 1 amide bonds. The fourth-order valence-electron chi connectivity index (χ4n) is 3.66. The molecule has 1 N–H and O–H groups in total. The summed E-state index contributed by atoms with van der Waals surface area (Å²) in [6.07, 6.45) is 3.66. The predicted molar refractivity (Wildman–Crippen MR) is 92.3 cm³/mol. The van der Waals surface area contributed by atoms with Crippen molar-refractivity contribution in [3.63, 3.8) is 0 Å². The molecule has 132 valence electrons. The zero-order valence-corrected chi connectivity index (χ0v) is 14.7. The van der Waals surface area contributed by atoms with Crippen LogP contribution in [0.2, 0.25) is 0 Å². The number of nitrogens with one attached hydrogen (secondary N) is 1. The van der Waals surface area contributed by atoms with E-state index in [1.807, 2.05) is 6.07 Å². The molecular formula is C19H27NO4. The quantitative estimate of drug-likeness (QED) is 0.890. The first-order valence-corrected chi connectivity index (χ1v) is 8.84. The van der Waals surface area contributed by atoms with Crippen molar-refractivity contribution in [3.05, 3.63) is 18.2 Å². The van der Waals surface area contributed by atoms with Gasteiger partial charge in [-0.1, -0.05) is 27.2 Å². The number of hydrogen-bond donors (Lipinski definition) is 1. The zero-order valence-electron chi connectivity index (χ0n) is 14.7. The van der Waals surface area contributed by atoms with Crippen LogP contribution in [-0.2, 0) is 9.53 Å². The molecule has 1 aliphatic heterocycles. The first-order chi connectivity index (χ1) is 11.5. The second kappa shape index (κ2) is 7.43. The molecule has 1 aliphatic carbocycles. The summed E-state index contributed by atoms with van der Waals surface area (Å²) in [5.74, 6) is 3.03. The average Bonchev–Trinajstić information content (AvgIpc) is 3.00. The van der Waals surface area contributed by atoms with Crippen molar-refractivity contribution in [1.29, 1.82) is 0 Å². The fourth-order valence-corrected chi connectivity index (χ4v) is 3.66. The maximum absolute atomic E-state index is 12.2. The number of rotatable bonds is 5. The third kappa shape index (κ3) is 4.01. The molecule has 3 rings (SSSR count). The van der Waals surface area contributed by atoms with Gasteiger partial charge in [0.05, 0.1) is 6.10 Å². The second-order valence-electron chi connectivity index (χ2n) is 7.29. The van der Waals surface area contributed by atoms with Gasteiger partial charge in [0, 0.05) is 11.8 Å². The molecule has 0 spiro atoms. The molecule has 0 aromatic heterocycles. The smallest absolute Gasteiger partial charge is 0.250 e. The molecule has 1 saturated carbocycles. The molecule has 5 nitrogen and oxygen atoms in total. The van der Waals surface area contributed by atoms with Crippen molar-refractivity contribution in [2.24, 2.45) is 17.8 Å². The molecule has 1 fully saturated rings. The molecule has 0 saturated heterocycles. The van der Waals surface area contributed by atoms with Crippen molar-refractivity contribution >= 4 is 11.6 Å². The van der Waals surface area contributed by atoms with Crippen LogP contribution in [0.15, 0.2) is 18.2 Å². The van der Waals surface area contributed by atoms with E-state index >= 15 is 0 Å². The van der Waals surface area contributed by atoms with Crippen LogP contribution in [0.5, 0.6) is 11.5 Å². The number of carbonyl (C=O) groups excluding carboxylic acids is 1. The lowest BCUT2D eigenvalue weighted by molar-refractivity contribution is -0.126. The largest absolute Gasteiger partial charge is 0.454 e. The van der Waals surface area contributed by atoms with Gasteiger partial charge in [-0.25, -0.2) is 0 Å². The van der Waals surface area contributed by atoms with Gasteiger partial charge in [-0.3, -0.25) is 4.79 Å². The van der Waals surface area contributed by atoms with Crippen molar-refractivity contribution in [1.82, 2.24) is 0 Å². The second-order valence-corrected chi connectivity index (χ2v) is 7.29. The molecule has 0 unspecified atom stereocenters. The molecule has 3 atom stereocenters. The first kappa shape index (κ1) is 17.1. The summed E-state index contributed by atoms with van der Waals surface area (Å²) in [5.41, 5.74) is 0.699. The Hall–Kier alpha value is -1.75. The summed E-state index contributed by atoms with van der Waals surface area (Å²) in [4.78, 5) is 12.2. The molecule has 1 aromatic rings. The summed E-state index contributed by atoms with van der Waals surface area (Å²) in [7, 11) is 0.